The molecule has 0 atom stereocenters. The molecule has 0 saturated heterocycles. The molecule has 0 heterocycles. The summed E-state index contributed by atoms with van der Waals surface area (Å²) in [5.74, 6) is 0.670. The second-order valence-corrected chi connectivity index (χ2v) is 3.23. The molecule has 0 unspecified atom stereocenters. The van der Waals surface area contributed by atoms with E-state index in [0.717, 1.165) is 5.56 Å². The van der Waals surface area contributed by atoms with Crippen molar-refractivity contribution in [1.29, 1.82) is 0 Å². The second kappa shape index (κ2) is 4.01. The topological polar surface area (TPSA) is 9.23 Å². The van der Waals surface area contributed by atoms with Crippen molar-refractivity contribution >= 4 is 23.2 Å². The Morgan fingerprint density at radius 3 is 2.50 bits per heavy atom. The fourth-order valence-corrected chi connectivity index (χ4v) is 1.60. The van der Waals surface area contributed by atoms with Gasteiger partial charge in [0.2, 0.25) is 0 Å². The summed E-state index contributed by atoms with van der Waals surface area (Å²) in [6, 6.07) is 3.47. The average Bonchev–Trinajstić information content (AvgIpc) is 1.96. The normalized spacial score (nSPS) is 10.0. The van der Waals surface area contributed by atoms with Crippen molar-refractivity contribution in [2.24, 2.45) is 0 Å². The summed E-state index contributed by atoms with van der Waals surface area (Å²) in [6.07, 6.45) is 0. The van der Waals surface area contributed by atoms with Gasteiger partial charge < -0.3 is 4.74 Å². The fourth-order valence-electron chi connectivity index (χ4n) is 0.956. The minimum Gasteiger partial charge on any atom is -0.485 e. The Morgan fingerprint density at radius 1 is 1.33 bits per heavy atom. The molecule has 0 N–H and O–H groups in total. The molecule has 1 aromatic carbocycles. The first-order valence-electron chi connectivity index (χ1n) is 3.55. The van der Waals surface area contributed by atoms with Crippen LogP contribution in [0.3, 0.4) is 0 Å². The van der Waals surface area contributed by atoms with Gasteiger partial charge in [-0.1, -0.05) is 23.2 Å². The van der Waals surface area contributed by atoms with E-state index < -0.39 is 0 Å². The van der Waals surface area contributed by atoms with Crippen LogP contribution in [-0.4, -0.2) is 0 Å². The Labute approximate surface area is 82.2 Å². The first-order valence-corrected chi connectivity index (χ1v) is 4.31. The molecule has 0 fully saturated rings. The number of benzene rings is 1. The monoisotopic (exact) mass is 203 g/mol. The van der Waals surface area contributed by atoms with E-state index in [9.17, 15) is 0 Å². The Balaban J connectivity index is 3.10. The Hall–Kier alpha value is -0.400. The lowest BCUT2D eigenvalue weighted by atomic mass is 10.2. The predicted molar refractivity (Wildman–Crippen MR) is 51.8 cm³/mol. The molecule has 1 radical (unpaired) electrons. The van der Waals surface area contributed by atoms with E-state index >= 15 is 0 Å². The molecule has 0 saturated carbocycles. The molecule has 0 amide bonds. The van der Waals surface area contributed by atoms with Crippen LogP contribution in [0.2, 0.25) is 10.0 Å². The Bertz CT molecular complexity index is 261. The highest BCUT2D eigenvalue weighted by molar-refractivity contribution is 6.35. The van der Waals surface area contributed by atoms with E-state index in [4.69, 9.17) is 27.9 Å². The van der Waals surface area contributed by atoms with Crippen LogP contribution in [-0.2, 0) is 0 Å². The molecule has 1 aromatic rings. The summed E-state index contributed by atoms with van der Waals surface area (Å²) in [5.41, 5.74) is 0.936. The number of halogens is 2. The van der Waals surface area contributed by atoms with Gasteiger partial charge >= 0.3 is 0 Å². The van der Waals surface area contributed by atoms with E-state index in [-0.39, 0.29) is 0 Å². The standard InChI is InChI=1S/C9H9Cl2O/c1-3-12-9-6(2)4-7(10)5-8(9)11/h3-5H,1-2H3. The van der Waals surface area contributed by atoms with E-state index in [2.05, 4.69) is 0 Å². The number of aryl methyl sites for hydroxylation is 1. The Kier molecular flexibility index (Phi) is 3.24. The number of hydrogen-bond acceptors (Lipinski definition) is 1. The number of hydrogen-bond donors (Lipinski definition) is 0. The first-order chi connectivity index (χ1) is 5.65. The van der Waals surface area contributed by atoms with Gasteiger partial charge in [0, 0.05) is 5.02 Å². The van der Waals surface area contributed by atoms with Gasteiger partial charge in [-0.25, -0.2) is 0 Å². The van der Waals surface area contributed by atoms with E-state index in [1.807, 2.05) is 13.0 Å². The number of ether oxygens (including phenoxy) is 1. The van der Waals surface area contributed by atoms with Crippen molar-refractivity contribution in [2.45, 2.75) is 13.8 Å². The van der Waals surface area contributed by atoms with Crippen molar-refractivity contribution in [3.8, 4) is 5.75 Å². The van der Waals surface area contributed by atoms with Crippen molar-refractivity contribution in [2.75, 3.05) is 0 Å². The Morgan fingerprint density at radius 2 is 2.00 bits per heavy atom. The van der Waals surface area contributed by atoms with Gasteiger partial charge in [-0.15, -0.1) is 0 Å². The molecule has 0 aliphatic heterocycles. The van der Waals surface area contributed by atoms with Gasteiger partial charge in [0.25, 0.3) is 0 Å². The maximum absolute atomic E-state index is 5.88. The van der Waals surface area contributed by atoms with Gasteiger partial charge in [-0.05, 0) is 31.5 Å². The lowest BCUT2D eigenvalue weighted by Gasteiger charge is -2.08. The molecule has 1 rings (SSSR count). The van der Waals surface area contributed by atoms with Crippen LogP contribution in [0.5, 0.6) is 5.75 Å². The quantitative estimate of drug-likeness (QED) is 0.710. The molecule has 65 valence electrons. The molecule has 0 bridgehead atoms. The molecule has 0 aromatic heterocycles. The molecule has 3 heteroatoms. The smallest absolute Gasteiger partial charge is 0.141 e. The summed E-state index contributed by atoms with van der Waals surface area (Å²) < 4.78 is 5.21. The zero-order chi connectivity index (χ0) is 9.14. The van der Waals surface area contributed by atoms with Crippen LogP contribution < -0.4 is 4.74 Å². The summed E-state index contributed by atoms with van der Waals surface area (Å²) in [5, 5.41) is 1.17. The van der Waals surface area contributed by atoms with E-state index in [1.54, 1.807) is 19.6 Å². The lowest BCUT2D eigenvalue weighted by Crippen LogP contribution is -1.89. The highest BCUT2D eigenvalue weighted by Gasteiger charge is 2.05. The van der Waals surface area contributed by atoms with Crippen LogP contribution in [0.4, 0.5) is 0 Å². The average molecular weight is 204 g/mol. The highest BCUT2D eigenvalue weighted by atomic mass is 35.5. The highest BCUT2D eigenvalue weighted by Crippen LogP contribution is 2.31. The van der Waals surface area contributed by atoms with Gasteiger partial charge in [0.05, 0.1) is 5.02 Å². The largest absolute Gasteiger partial charge is 0.485 e. The van der Waals surface area contributed by atoms with E-state index in [1.165, 1.54) is 0 Å². The van der Waals surface area contributed by atoms with Crippen molar-refractivity contribution < 1.29 is 4.74 Å². The third-order valence-electron chi connectivity index (χ3n) is 1.43. The van der Waals surface area contributed by atoms with Gasteiger partial charge in [-0.2, -0.15) is 0 Å². The zero-order valence-corrected chi connectivity index (χ0v) is 8.41. The third kappa shape index (κ3) is 2.05. The SMILES string of the molecule is C[CH]Oc1c(C)cc(Cl)cc1Cl. The third-order valence-corrected chi connectivity index (χ3v) is 1.93. The van der Waals surface area contributed by atoms with Crippen LogP contribution in [0.1, 0.15) is 12.5 Å². The first kappa shape index (κ1) is 9.69. The predicted octanol–water partition coefficient (Wildman–Crippen LogP) is 3.86. The molecule has 0 spiro atoms. The van der Waals surface area contributed by atoms with Gasteiger partial charge in [0.1, 0.15) is 12.4 Å². The van der Waals surface area contributed by atoms with Crippen LogP contribution >= 0.6 is 23.2 Å². The van der Waals surface area contributed by atoms with Crippen LogP contribution in [0.15, 0.2) is 12.1 Å². The maximum atomic E-state index is 5.88. The van der Waals surface area contributed by atoms with Crippen LogP contribution in [0, 0.1) is 13.5 Å². The van der Waals surface area contributed by atoms with Crippen LogP contribution in [0.25, 0.3) is 0 Å². The minimum absolute atomic E-state index is 0.540. The second-order valence-electron chi connectivity index (χ2n) is 2.39. The molecule has 1 nitrogen and oxygen atoms in total. The summed E-state index contributed by atoms with van der Waals surface area (Å²) >= 11 is 11.7. The maximum Gasteiger partial charge on any atom is 0.141 e. The zero-order valence-electron chi connectivity index (χ0n) is 6.90. The van der Waals surface area contributed by atoms with Gasteiger partial charge in [-0.3, -0.25) is 0 Å². The van der Waals surface area contributed by atoms with Gasteiger partial charge in [0.15, 0.2) is 0 Å². The lowest BCUT2D eigenvalue weighted by molar-refractivity contribution is 0.414. The van der Waals surface area contributed by atoms with Crippen molar-refractivity contribution in [3.63, 3.8) is 0 Å². The number of rotatable bonds is 2. The van der Waals surface area contributed by atoms with Crippen molar-refractivity contribution in [1.82, 2.24) is 0 Å². The molecular weight excluding hydrogens is 195 g/mol. The van der Waals surface area contributed by atoms with E-state index in [0.29, 0.717) is 15.8 Å². The molecule has 0 aliphatic rings. The summed E-state index contributed by atoms with van der Waals surface area (Å²) in [7, 11) is 0. The summed E-state index contributed by atoms with van der Waals surface area (Å²) in [4.78, 5) is 0. The minimum atomic E-state index is 0.540. The molecular formula is C9H9Cl2O. The fraction of sp³-hybridized carbons (Fsp3) is 0.222. The molecule has 0 aliphatic carbocycles. The van der Waals surface area contributed by atoms with Crippen molar-refractivity contribution in [3.05, 3.63) is 34.3 Å². The summed E-state index contributed by atoms with van der Waals surface area (Å²) in [6.45, 7) is 5.28. The molecule has 12 heavy (non-hydrogen) atoms.